The van der Waals surface area contributed by atoms with Gasteiger partial charge in [-0.05, 0) is 45.9 Å². The van der Waals surface area contributed by atoms with Crippen molar-refractivity contribution in [1.29, 1.82) is 0 Å². The van der Waals surface area contributed by atoms with Crippen LogP contribution < -0.4 is 0 Å². The zero-order valence-electron chi connectivity index (χ0n) is 17.4. The third kappa shape index (κ3) is 6.79. The Hall–Kier alpha value is -1.45. The zero-order valence-corrected chi connectivity index (χ0v) is 19.6. The highest BCUT2D eigenvalue weighted by atomic mass is 127. The van der Waals surface area contributed by atoms with Gasteiger partial charge in [0.05, 0.1) is 15.6 Å². The minimum absolute atomic E-state index is 0.0126. The van der Waals surface area contributed by atoms with E-state index in [0.717, 1.165) is 0 Å². The average Bonchev–Trinajstić information content (AvgIpc) is 2.72. The molecule has 1 aliphatic rings. The van der Waals surface area contributed by atoms with Crippen molar-refractivity contribution >= 4 is 34.5 Å². The molecule has 160 valence electrons. The summed E-state index contributed by atoms with van der Waals surface area (Å²) in [5, 5.41) is 0. The molecule has 0 spiro atoms. The lowest BCUT2D eigenvalue weighted by Crippen LogP contribution is -2.47. The predicted molar refractivity (Wildman–Crippen MR) is 120 cm³/mol. The fourth-order valence-electron chi connectivity index (χ4n) is 3.12. The monoisotopic (exact) mass is 515 g/mol. The minimum Gasteiger partial charge on any atom is -0.459 e. The molecular weight excluding hydrogens is 485 g/mol. The molecule has 0 aliphatic carbocycles. The fourth-order valence-corrected chi connectivity index (χ4v) is 4.22. The van der Waals surface area contributed by atoms with Crippen LogP contribution in [-0.4, -0.2) is 58.9 Å². The highest BCUT2D eigenvalue weighted by molar-refractivity contribution is 14.1. The van der Waals surface area contributed by atoms with Crippen LogP contribution in [0.15, 0.2) is 42.5 Å². The topological polar surface area (TPSA) is 65.1 Å². The molecule has 0 saturated heterocycles. The Kier molecular flexibility index (Phi) is 9.58. The number of halogens is 1. The van der Waals surface area contributed by atoms with Crippen LogP contribution in [0.3, 0.4) is 0 Å². The molecule has 1 aliphatic heterocycles. The fraction of sp³-hybridized carbons (Fsp3) is 0.545. The Balaban J connectivity index is 2.13. The van der Waals surface area contributed by atoms with Gasteiger partial charge >= 0.3 is 5.97 Å². The summed E-state index contributed by atoms with van der Waals surface area (Å²) in [4.78, 5) is 27.0. The van der Waals surface area contributed by atoms with Crippen molar-refractivity contribution in [2.24, 2.45) is 5.92 Å². The molecular formula is C22H30INO5. The third-order valence-corrected chi connectivity index (χ3v) is 6.04. The van der Waals surface area contributed by atoms with E-state index in [1.807, 2.05) is 45.9 Å². The number of amides is 1. The minimum atomic E-state index is -0.529. The van der Waals surface area contributed by atoms with Crippen molar-refractivity contribution in [1.82, 2.24) is 4.90 Å². The van der Waals surface area contributed by atoms with E-state index in [4.69, 9.17) is 14.2 Å². The summed E-state index contributed by atoms with van der Waals surface area (Å²) < 4.78 is 17.0. The summed E-state index contributed by atoms with van der Waals surface area (Å²) in [7, 11) is 0. The summed E-state index contributed by atoms with van der Waals surface area (Å²) >= 11 is 2.16. The van der Waals surface area contributed by atoms with Gasteiger partial charge < -0.3 is 19.1 Å². The number of carbonyl (C=O) groups excluding carboxylic acids is 2. The van der Waals surface area contributed by atoms with E-state index in [-0.39, 0.29) is 28.5 Å². The SMILES string of the molecule is CCN(CC)C(=O)C(I)[C@H]1C=C[C@@H](OC(C)C)O[C@@H]1COC(=O)c1ccccc1. The molecule has 4 atom stereocenters. The number of carbonyl (C=O) groups is 2. The quantitative estimate of drug-likeness (QED) is 0.217. The molecule has 1 unspecified atom stereocenters. The zero-order chi connectivity index (χ0) is 21.4. The second-order valence-electron chi connectivity index (χ2n) is 7.07. The highest BCUT2D eigenvalue weighted by Crippen LogP contribution is 2.29. The van der Waals surface area contributed by atoms with E-state index in [1.54, 1.807) is 29.2 Å². The first kappa shape index (κ1) is 23.8. The normalized spacial score (nSPS) is 22.3. The van der Waals surface area contributed by atoms with Crippen molar-refractivity contribution in [3.63, 3.8) is 0 Å². The van der Waals surface area contributed by atoms with Gasteiger partial charge in [0.25, 0.3) is 0 Å². The van der Waals surface area contributed by atoms with Crippen LogP contribution in [0.4, 0.5) is 0 Å². The molecule has 29 heavy (non-hydrogen) atoms. The van der Waals surface area contributed by atoms with Gasteiger partial charge in [0.15, 0.2) is 6.29 Å². The molecule has 0 saturated carbocycles. The standard InChI is InChI=1S/C22H30INO5/c1-5-24(6-2)21(25)20(23)17-12-13-19(28-15(3)4)29-18(17)14-27-22(26)16-10-8-7-9-11-16/h7-13,15,17-20H,5-6,14H2,1-4H3/t17-,18+,19-,20?/m0/s1. The highest BCUT2D eigenvalue weighted by Gasteiger charge is 2.38. The maximum absolute atomic E-state index is 12.9. The first-order valence-electron chi connectivity index (χ1n) is 10.0. The molecule has 0 aromatic heterocycles. The molecule has 0 N–H and O–H groups in total. The van der Waals surface area contributed by atoms with Crippen LogP contribution >= 0.6 is 22.6 Å². The molecule has 0 fully saturated rings. The van der Waals surface area contributed by atoms with Gasteiger partial charge in [0.1, 0.15) is 12.7 Å². The number of nitrogens with zero attached hydrogens (tertiary/aromatic N) is 1. The summed E-state index contributed by atoms with van der Waals surface area (Å²) in [5.74, 6) is -0.584. The number of hydrogen-bond acceptors (Lipinski definition) is 5. The maximum atomic E-state index is 12.9. The van der Waals surface area contributed by atoms with Gasteiger partial charge in [-0.15, -0.1) is 0 Å². The summed E-state index contributed by atoms with van der Waals surface area (Å²) in [6.45, 7) is 9.13. The number of ether oxygens (including phenoxy) is 3. The number of rotatable bonds is 9. The molecule has 1 aromatic rings. The lowest BCUT2D eigenvalue weighted by molar-refractivity contribution is -0.184. The van der Waals surface area contributed by atoms with Gasteiger partial charge in [-0.1, -0.05) is 46.9 Å². The van der Waals surface area contributed by atoms with Crippen molar-refractivity contribution in [3.05, 3.63) is 48.0 Å². The first-order valence-corrected chi connectivity index (χ1v) is 11.3. The molecule has 6 nitrogen and oxygen atoms in total. The smallest absolute Gasteiger partial charge is 0.338 e. The second kappa shape index (κ2) is 11.7. The van der Waals surface area contributed by atoms with E-state index in [1.165, 1.54) is 0 Å². The summed E-state index contributed by atoms with van der Waals surface area (Å²) in [5.41, 5.74) is 0.482. The van der Waals surface area contributed by atoms with Gasteiger partial charge in [-0.2, -0.15) is 0 Å². The molecule has 0 bridgehead atoms. The van der Waals surface area contributed by atoms with Crippen LogP contribution in [0.1, 0.15) is 38.1 Å². The van der Waals surface area contributed by atoms with Crippen molar-refractivity contribution in [3.8, 4) is 0 Å². The predicted octanol–water partition coefficient (Wildman–Crippen LogP) is 3.84. The van der Waals surface area contributed by atoms with Crippen LogP contribution in [0.25, 0.3) is 0 Å². The lowest BCUT2D eigenvalue weighted by Gasteiger charge is -2.35. The van der Waals surface area contributed by atoms with E-state index >= 15 is 0 Å². The summed E-state index contributed by atoms with van der Waals surface area (Å²) in [6.07, 6.45) is 2.77. The third-order valence-electron chi connectivity index (χ3n) is 4.67. The molecule has 1 aromatic carbocycles. The Labute approximate surface area is 186 Å². The molecule has 0 radical (unpaired) electrons. The van der Waals surface area contributed by atoms with E-state index in [0.29, 0.717) is 18.7 Å². The maximum Gasteiger partial charge on any atom is 0.338 e. The van der Waals surface area contributed by atoms with Crippen LogP contribution in [0.2, 0.25) is 0 Å². The van der Waals surface area contributed by atoms with Crippen molar-refractivity contribution in [2.45, 2.75) is 50.1 Å². The average molecular weight is 515 g/mol. The Bertz CT molecular complexity index is 690. The van der Waals surface area contributed by atoms with Gasteiger partial charge in [-0.3, -0.25) is 4.79 Å². The van der Waals surface area contributed by atoms with E-state index in [2.05, 4.69) is 22.6 Å². The largest absolute Gasteiger partial charge is 0.459 e. The molecule has 7 heteroatoms. The summed E-state index contributed by atoms with van der Waals surface area (Å²) in [6, 6.07) is 8.83. The Morgan fingerprint density at radius 1 is 1.14 bits per heavy atom. The lowest BCUT2D eigenvalue weighted by atomic mass is 9.95. The molecule has 2 rings (SSSR count). The van der Waals surface area contributed by atoms with Gasteiger partial charge in [-0.25, -0.2) is 4.79 Å². The number of alkyl halides is 1. The van der Waals surface area contributed by atoms with Crippen molar-refractivity contribution < 1.29 is 23.8 Å². The van der Waals surface area contributed by atoms with Gasteiger partial charge in [0.2, 0.25) is 5.91 Å². The molecule has 1 heterocycles. The number of esters is 1. The Morgan fingerprint density at radius 2 is 1.79 bits per heavy atom. The Morgan fingerprint density at radius 3 is 2.38 bits per heavy atom. The number of benzene rings is 1. The molecule has 1 amide bonds. The van der Waals surface area contributed by atoms with Crippen LogP contribution in [-0.2, 0) is 19.0 Å². The number of hydrogen-bond donors (Lipinski definition) is 0. The van der Waals surface area contributed by atoms with Crippen LogP contribution in [0.5, 0.6) is 0 Å². The van der Waals surface area contributed by atoms with E-state index in [9.17, 15) is 9.59 Å². The second-order valence-corrected chi connectivity index (χ2v) is 8.41. The first-order chi connectivity index (χ1) is 13.9. The van der Waals surface area contributed by atoms with Gasteiger partial charge in [0, 0.05) is 19.0 Å². The van der Waals surface area contributed by atoms with E-state index < -0.39 is 18.4 Å². The van der Waals surface area contributed by atoms with Crippen molar-refractivity contribution in [2.75, 3.05) is 19.7 Å². The van der Waals surface area contributed by atoms with Crippen LogP contribution in [0, 0.1) is 5.92 Å².